The lowest BCUT2D eigenvalue weighted by Crippen LogP contribution is -2.36. The SMILES string of the molecule is CCC(C)(CC)c1ccc2c(c1)N(CC1CCCCC1)/C(=C1\C(=O)c3ccc(-c4ccc(-c5ccc(/C(=C/c6ccc(C(C)(CC)CC)s6)SC)s5)cc4)cc3N1CC1CCCCC1)C2=O. The van der Waals surface area contributed by atoms with Crippen molar-refractivity contribution in [2.45, 2.75) is 142 Å². The highest BCUT2D eigenvalue weighted by molar-refractivity contribution is 8.08. The smallest absolute Gasteiger partial charge is 0.213 e. The highest BCUT2D eigenvalue weighted by Crippen LogP contribution is 2.48. The van der Waals surface area contributed by atoms with Crippen LogP contribution in [0.5, 0.6) is 0 Å². The third kappa shape index (κ3) is 8.98. The minimum absolute atomic E-state index is 0.00621. The van der Waals surface area contributed by atoms with Gasteiger partial charge in [-0.2, -0.15) is 0 Å². The summed E-state index contributed by atoms with van der Waals surface area (Å²) in [5.74, 6) is 0.965. The van der Waals surface area contributed by atoms with E-state index in [-0.39, 0.29) is 22.4 Å². The van der Waals surface area contributed by atoms with E-state index < -0.39 is 0 Å². The molecule has 2 aromatic heterocycles. The maximum absolute atomic E-state index is 15.1. The molecule has 9 rings (SSSR count). The van der Waals surface area contributed by atoms with Crippen molar-refractivity contribution in [3.05, 3.63) is 128 Å². The fourth-order valence-corrected chi connectivity index (χ4v) is 14.2. The summed E-state index contributed by atoms with van der Waals surface area (Å²) in [6.07, 6.45) is 21.0. The second kappa shape index (κ2) is 19.8. The number of carbonyl (C=O) groups is 2. The van der Waals surface area contributed by atoms with Crippen LogP contribution in [0.1, 0.15) is 172 Å². The number of benzene rings is 3. The molecular formula is C59H70N2O2S3. The molecule has 4 nitrogen and oxygen atoms in total. The average Bonchev–Trinajstić information content (AvgIpc) is 4.16. The Bertz CT molecular complexity index is 2620. The van der Waals surface area contributed by atoms with Gasteiger partial charge in [-0.05, 0) is 152 Å². The first-order valence-corrected chi connectivity index (χ1v) is 28.1. The Morgan fingerprint density at radius 1 is 0.606 bits per heavy atom. The van der Waals surface area contributed by atoms with Crippen molar-refractivity contribution in [3.8, 4) is 21.6 Å². The molecule has 4 heterocycles. The zero-order valence-electron chi connectivity index (χ0n) is 40.6. The molecule has 0 spiro atoms. The van der Waals surface area contributed by atoms with Crippen LogP contribution in [0.15, 0.2) is 96.3 Å². The Morgan fingerprint density at radius 3 is 1.70 bits per heavy atom. The number of ketones is 2. The number of nitrogens with zero attached hydrogens (tertiary/aromatic N) is 2. The molecular weight excluding hydrogens is 865 g/mol. The molecule has 2 aliphatic heterocycles. The molecule has 2 aliphatic carbocycles. The number of Topliss-reactive ketones (excluding diaryl/α,β-unsaturated/α-hetero) is 2. The minimum Gasteiger partial charge on any atom is -0.336 e. The van der Waals surface area contributed by atoms with Crippen LogP contribution >= 0.6 is 34.4 Å². The molecule has 0 N–H and O–H groups in total. The summed E-state index contributed by atoms with van der Waals surface area (Å²) >= 11 is 5.60. The summed E-state index contributed by atoms with van der Waals surface area (Å²) in [5, 5.41) is 0. The monoisotopic (exact) mass is 934 g/mol. The first-order valence-electron chi connectivity index (χ1n) is 25.3. The first-order chi connectivity index (χ1) is 32.0. The summed E-state index contributed by atoms with van der Waals surface area (Å²) in [6, 6.07) is 31.1. The summed E-state index contributed by atoms with van der Waals surface area (Å²) in [6.45, 7) is 15.4. The summed E-state index contributed by atoms with van der Waals surface area (Å²) in [5.41, 5.74) is 9.58. The zero-order chi connectivity index (χ0) is 46.2. The van der Waals surface area contributed by atoms with Crippen molar-refractivity contribution < 1.29 is 9.59 Å². The normalized spacial score (nSPS) is 18.7. The molecule has 7 heteroatoms. The number of thioether (sulfide) groups is 1. The Labute approximate surface area is 408 Å². The van der Waals surface area contributed by atoms with Gasteiger partial charge in [0.1, 0.15) is 11.4 Å². The lowest BCUT2D eigenvalue weighted by Gasteiger charge is -2.33. The quantitative estimate of drug-likeness (QED) is 0.0979. The Balaban J connectivity index is 1.05. The van der Waals surface area contributed by atoms with Crippen molar-refractivity contribution in [1.82, 2.24) is 0 Å². The predicted molar refractivity (Wildman–Crippen MR) is 287 cm³/mol. The molecule has 0 amide bonds. The van der Waals surface area contributed by atoms with E-state index in [9.17, 15) is 0 Å². The third-order valence-electron chi connectivity index (χ3n) is 16.5. The largest absolute Gasteiger partial charge is 0.336 e. The molecule has 2 saturated carbocycles. The average molecular weight is 935 g/mol. The maximum Gasteiger partial charge on any atom is 0.213 e. The number of allylic oxidation sites excluding steroid dienone is 2. The van der Waals surface area contributed by atoms with Gasteiger partial charge >= 0.3 is 0 Å². The molecule has 0 saturated heterocycles. The van der Waals surface area contributed by atoms with Crippen LogP contribution in [0, 0.1) is 11.8 Å². The van der Waals surface area contributed by atoms with Gasteiger partial charge < -0.3 is 9.80 Å². The standard InChI is InChI=1S/C59H70N2O2S3/c1-8-58(5,9-2)44-27-30-47-49(35-44)61(38-40-20-16-13-17-21-40)55(57(47)63)54-56(62)46-29-26-43(34-48(46)60(54)37-39-18-14-12-15-19-39)41-22-24-42(25-23-41)50-31-32-51(66-50)52(64-7)36-45-28-33-53(65-45)59(6,10-3)11-4/h22-36,39-40H,8-21,37-38H2,1-7H3/b52-36-,55-54+. The number of thiophene rings is 2. The number of hydrogen-bond donors (Lipinski definition) is 0. The van der Waals surface area contributed by atoms with Crippen molar-refractivity contribution in [3.63, 3.8) is 0 Å². The molecule has 0 atom stereocenters. The van der Waals surface area contributed by atoms with E-state index in [4.69, 9.17) is 0 Å². The fraction of sp³-hybridized carbons (Fsp3) is 0.458. The van der Waals surface area contributed by atoms with E-state index in [2.05, 4.69) is 143 Å². The van der Waals surface area contributed by atoms with Crippen LogP contribution in [0.2, 0.25) is 0 Å². The maximum atomic E-state index is 15.1. The highest BCUT2D eigenvalue weighted by Gasteiger charge is 2.44. The molecule has 4 aliphatic rings. The molecule has 0 bridgehead atoms. The van der Waals surface area contributed by atoms with E-state index in [0.29, 0.717) is 28.8 Å². The van der Waals surface area contributed by atoms with E-state index in [1.54, 1.807) is 0 Å². The molecule has 2 fully saturated rings. The number of hydrogen-bond acceptors (Lipinski definition) is 7. The van der Waals surface area contributed by atoms with Crippen molar-refractivity contribution in [2.75, 3.05) is 29.1 Å². The number of anilines is 2. The molecule has 3 aromatic carbocycles. The molecule has 66 heavy (non-hydrogen) atoms. The number of fused-ring (bicyclic) bond motifs is 2. The zero-order valence-corrected chi connectivity index (χ0v) is 43.0. The topological polar surface area (TPSA) is 40.6 Å². The van der Waals surface area contributed by atoms with Gasteiger partial charge in [0.25, 0.3) is 0 Å². The van der Waals surface area contributed by atoms with Crippen LogP contribution in [0.25, 0.3) is 32.5 Å². The second-order valence-electron chi connectivity index (χ2n) is 20.2. The third-order valence-corrected chi connectivity index (χ3v) is 19.9. The molecule has 346 valence electrons. The van der Waals surface area contributed by atoms with Gasteiger partial charge in [-0.3, -0.25) is 9.59 Å². The summed E-state index contributed by atoms with van der Waals surface area (Å²) < 4.78 is 0. The van der Waals surface area contributed by atoms with Gasteiger partial charge in [-0.15, -0.1) is 34.4 Å². The highest BCUT2D eigenvalue weighted by atomic mass is 32.2. The van der Waals surface area contributed by atoms with Crippen LogP contribution in [0.4, 0.5) is 11.4 Å². The summed E-state index contributed by atoms with van der Waals surface area (Å²) in [4.78, 5) is 41.4. The van der Waals surface area contributed by atoms with Gasteiger partial charge in [0.15, 0.2) is 0 Å². The van der Waals surface area contributed by atoms with Gasteiger partial charge in [-0.25, -0.2) is 0 Å². The van der Waals surface area contributed by atoms with Crippen LogP contribution < -0.4 is 9.80 Å². The summed E-state index contributed by atoms with van der Waals surface area (Å²) in [7, 11) is 0. The number of rotatable bonds is 15. The van der Waals surface area contributed by atoms with Crippen LogP contribution in [-0.4, -0.2) is 30.9 Å². The Kier molecular flexibility index (Phi) is 14.1. The van der Waals surface area contributed by atoms with E-state index in [0.717, 1.165) is 79.7 Å². The second-order valence-corrected chi connectivity index (χ2v) is 23.3. The van der Waals surface area contributed by atoms with Gasteiger partial charge in [0, 0.05) is 54.0 Å². The molecule has 0 radical (unpaired) electrons. The van der Waals surface area contributed by atoms with Crippen LogP contribution in [-0.2, 0) is 10.8 Å². The van der Waals surface area contributed by atoms with Crippen LogP contribution in [0.3, 0.4) is 0 Å². The molecule has 5 aromatic rings. The molecule has 0 unspecified atom stereocenters. The first kappa shape index (κ1) is 46.9. The van der Waals surface area contributed by atoms with E-state index >= 15 is 9.59 Å². The minimum atomic E-state index is -0.00763. The Hall–Kier alpha value is -4.17. The lowest BCUT2D eigenvalue weighted by atomic mass is 9.77. The van der Waals surface area contributed by atoms with E-state index in [1.165, 1.54) is 86.9 Å². The Morgan fingerprint density at radius 2 is 1.14 bits per heavy atom. The van der Waals surface area contributed by atoms with Crippen molar-refractivity contribution in [1.29, 1.82) is 0 Å². The van der Waals surface area contributed by atoms with Crippen molar-refractivity contribution >= 4 is 68.4 Å². The van der Waals surface area contributed by atoms with Gasteiger partial charge in [0.05, 0.1) is 11.4 Å². The van der Waals surface area contributed by atoms with Crippen molar-refractivity contribution in [2.24, 2.45) is 11.8 Å². The van der Waals surface area contributed by atoms with Gasteiger partial charge in [-0.1, -0.05) is 116 Å². The van der Waals surface area contributed by atoms with E-state index in [1.807, 2.05) is 40.5 Å². The predicted octanol–water partition coefficient (Wildman–Crippen LogP) is 17.2. The number of carbonyl (C=O) groups excluding carboxylic acids is 2. The fourth-order valence-electron chi connectivity index (χ4n) is 11.1. The lowest BCUT2D eigenvalue weighted by molar-refractivity contribution is 0.100. The van der Waals surface area contributed by atoms with Gasteiger partial charge in [0.2, 0.25) is 11.6 Å².